The molecule has 2 aliphatic heterocycles. The fourth-order valence-corrected chi connectivity index (χ4v) is 2.77. The highest BCUT2D eigenvalue weighted by Crippen LogP contribution is 2.33. The fourth-order valence-electron chi connectivity index (χ4n) is 2.77. The molecular formula is C13H19N3. The second-order valence-corrected chi connectivity index (χ2v) is 5.01. The Morgan fingerprint density at radius 3 is 3.06 bits per heavy atom. The van der Waals surface area contributed by atoms with Gasteiger partial charge in [-0.1, -0.05) is 6.07 Å². The number of benzene rings is 1. The molecule has 3 heteroatoms. The van der Waals surface area contributed by atoms with E-state index in [1.54, 1.807) is 0 Å². The number of anilines is 2. The molecule has 1 saturated heterocycles. The predicted octanol–water partition coefficient (Wildman–Crippen LogP) is 1.54. The van der Waals surface area contributed by atoms with E-state index < -0.39 is 0 Å². The summed E-state index contributed by atoms with van der Waals surface area (Å²) >= 11 is 0. The van der Waals surface area contributed by atoms with E-state index in [4.69, 9.17) is 0 Å². The molecule has 3 rings (SSSR count). The average molecular weight is 217 g/mol. The molecular weight excluding hydrogens is 198 g/mol. The van der Waals surface area contributed by atoms with Crippen LogP contribution in [0.25, 0.3) is 0 Å². The van der Waals surface area contributed by atoms with Crippen molar-refractivity contribution in [2.75, 3.05) is 43.4 Å². The van der Waals surface area contributed by atoms with Crippen LogP contribution in [0.3, 0.4) is 0 Å². The summed E-state index contributed by atoms with van der Waals surface area (Å²) in [6.07, 6.45) is 0. The van der Waals surface area contributed by atoms with Crippen molar-refractivity contribution in [3.8, 4) is 0 Å². The van der Waals surface area contributed by atoms with Crippen molar-refractivity contribution >= 4 is 11.4 Å². The molecule has 0 bridgehead atoms. The van der Waals surface area contributed by atoms with Gasteiger partial charge in [-0.15, -0.1) is 0 Å². The maximum absolute atomic E-state index is 3.55. The monoisotopic (exact) mass is 217 g/mol. The van der Waals surface area contributed by atoms with Gasteiger partial charge in [0, 0.05) is 26.2 Å². The minimum Gasteiger partial charge on any atom is -0.381 e. The van der Waals surface area contributed by atoms with E-state index in [9.17, 15) is 0 Å². The van der Waals surface area contributed by atoms with E-state index in [0.29, 0.717) is 6.04 Å². The minimum absolute atomic E-state index is 0.633. The quantitative estimate of drug-likeness (QED) is 0.711. The normalized spacial score (nSPS) is 24.6. The van der Waals surface area contributed by atoms with E-state index in [1.165, 1.54) is 30.0 Å². The molecule has 0 spiro atoms. The Hall–Kier alpha value is -1.22. The van der Waals surface area contributed by atoms with Crippen molar-refractivity contribution in [3.05, 3.63) is 23.8 Å². The minimum atomic E-state index is 0.633. The molecule has 1 N–H and O–H groups in total. The zero-order valence-corrected chi connectivity index (χ0v) is 10.0. The maximum atomic E-state index is 3.55. The average Bonchev–Trinajstić information content (AvgIpc) is 2.28. The lowest BCUT2D eigenvalue weighted by molar-refractivity contribution is 0.270. The van der Waals surface area contributed by atoms with Gasteiger partial charge in [-0.05, 0) is 31.7 Å². The number of hydrogen-bond donors (Lipinski definition) is 1. The second-order valence-electron chi connectivity index (χ2n) is 5.01. The van der Waals surface area contributed by atoms with Crippen LogP contribution in [0.4, 0.5) is 11.4 Å². The summed E-state index contributed by atoms with van der Waals surface area (Å²) in [7, 11) is 2.21. The molecule has 1 unspecified atom stereocenters. The van der Waals surface area contributed by atoms with Crippen molar-refractivity contribution in [1.29, 1.82) is 0 Å². The predicted molar refractivity (Wildman–Crippen MR) is 68.3 cm³/mol. The van der Waals surface area contributed by atoms with Crippen molar-refractivity contribution in [2.45, 2.75) is 13.0 Å². The zero-order chi connectivity index (χ0) is 11.1. The lowest BCUT2D eigenvalue weighted by Crippen LogP contribution is -2.56. The van der Waals surface area contributed by atoms with Crippen molar-refractivity contribution in [3.63, 3.8) is 0 Å². The third kappa shape index (κ3) is 1.55. The summed E-state index contributed by atoms with van der Waals surface area (Å²) in [6, 6.07) is 7.36. The number of likely N-dealkylation sites (N-methyl/N-ethyl adjacent to an activating group) is 1. The Morgan fingerprint density at radius 1 is 1.31 bits per heavy atom. The van der Waals surface area contributed by atoms with Crippen molar-refractivity contribution in [2.24, 2.45) is 0 Å². The Balaban J connectivity index is 1.94. The van der Waals surface area contributed by atoms with E-state index in [2.05, 4.69) is 47.3 Å². The van der Waals surface area contributed by atoms with Crippen molar-refractivity contribution in [1.82, 2.24) is 4.90 Å². The molecule has 2 aliphatic rings. The molecule has 0 aliphatic carbocycles. The van der Waals surface area contributed by atoms with Crippen LogP contribution in [0.15, 0.2) is 18.2 Å². The number of nitrogens with one attached hydrogen (secondary N) is 1. The first-order valence-electron chi connectivity index (χ1n) is 6.04. The fraction of sp³-hybridized carbons (Fsp3) is 0.538. The molecule has 16 heavy (non-hydrogen) atoms. The largest absolute Gasteiger partial charge is 0.381 e. The number of nitrogens with zero attached hydrogens (tertiary/aromatic N) is 2. The summed E-state index contributed by atoms with van der Waals surface area (Å²) in [5.41, 5.74) is 4.02. The van der Waals surface area contributed by atoms with Crippen LogP contribution in [0.5, 0.6) is 0 Å². The summed E-state index contributed by atoms with van der Waals surface area (Å²) in [5.74, 6) is 0. The lowest BCUT2D eigenvalue weighted by Gasteiger charge is -2.45. The molecule has 0 radical (unpaired) electrons. The number of rotatable bonds is 0. The number of fused-ring (bicyclic) bond motifs is 3. The standard InChI is InChI=1S/C13H19N3/c1-10-3-4-13-12(7-10)14-8-11-9-15(2)5-6-16(11)13/h3-4,7,11,14H,5-6,8-9H2,1-2H3. The highest BCUT2D eigenvalue weighted by molar-refractivity contribution is 5.73. The molecule has 0 aromatic heterocycles. The maximum Gasteiger partial charge on any atom is 0.0606 e. The molecule has 1 aromatic carbocycles. The van der Waals surface area contributed by atoms with E-state index in [0.717, 1.165) is 13.1 Å². The topological polar surface area (TPSA) is 18.5 Å². The Labute approximate surface area is 97.0 Å². The Bertz CT molecular complexity index is 402. The molecule has 1 aromatic rings. The van der Waals surface area contributed by atoms with Gasteiger partial charge in [-0.3, -0.25) is 0 Å². The van der Waals surface area contributed by atoms with Crippen LogP contribution in [-0.2, 0) is 0 Å². The first-order valence-corrected chi connectivity index (χ1v) is 6.04. The van der Waals surface area contributed by atoms with Crippen LogP contribution in [-0.4, -0.2) is 44.2 Å². The first-order chi connectivity index (χ1) is 7.74. The van der Waals surface area contributed by atoms with Crippen LogP contribution < -0.4 is 10.2 Å². The van der Waals surface area contributed by atoms with Crippen molar-refractivity contribution < 1.29 is 0 Å². The molecule has 86 valence electrons. The van der Waals surface area contributed by atoms with Crippen LogP contribution in [0.2, 0.25) is 0 Å². The summed E-state index contributed by atoms with van der Waals surface area (Å²) in [5, 5.41) is 3.55. The smallest absolute Gasteiger partial charge is 0.0606 e. The van der Waals surface area contributed by atoms with E-state index >= 15 is 0 Å². The number of piperazine rings is 1. The first kappa shape index (κ1) is 9.97. The van der Waals surface area contributed by atoms with Gasteiger partial charge in [0.2, 0.25) is 0 Å². The summed E-state index contributed by atoms with van der Waals surface area (Å²) in [4.78, 5) is 4.98. The van der Waals surface area contributed by atoms with Gasteiger partial charge in [0.25, 0.3) is 0 Å². The summed E-state index contributed by atoms with van der Waals surface area (Å²) in [6.45, 7) is 6.71. The van der Waals surface area contributed by atoms with Gasteiger partial charge in [0.05, 0.1) is 17.4 Å². The molecule has 3 nitrogen and oxygen atoms in total. The molecule has 0 amide bonds. The van der Waals surface area contributed by atoms with E-state index in [-0.39, 0.29) is 0 Å². The lowest BCUT2D eigenvalue weighted by atomic mass is 10.0. The van der Waals surface area contributed by atoms with Gasteiger partial charge in [-0.25, -0.2) is 0 Å². The van der Waals surface area contributed by atoms with Crippen LogP contribution >= 0.6 is 0 Å². The molecule has 2 heterocycles. The zero-order valence-electron chi connectivity index (χ0n) is 10.0. The Morgan fingerprint density at radius 2 is 2.19 bits per heavy atom. The van der Waals surface area contributed by atoms with Gasteiger partial charge in [0.1, 0.15) is 0 Å². The number of aryl methyl sites for hydroxylation is 1. The molecule has 1 atom stereocenters. The molecule has 0 saturated carbocycles. The van der Waals surface area contributed by atoms with E-state index in [1.807, 2.05) is 0 Å². The third-order valence-electron chi connectivity index (χ3n) is 3.68. The van der Waals surface area contributed by atoms with Gasteiger partial charge in [0.15, 0.2) is 0 Å². The van der Waals surface area contributed by atoms with Crippen LogP contribution in [0, 0.1) is 6.92 Å². The van der Waals surface area contributed by atoms with Gasteiger partial charge < -0.3 is 15.1 Å². The highest BCUT2D eigenvalue weighted by atomic mass is 15.3. The summed E-state index contributed by atoms with van der Waals surface area (Å²) < 4.78 is 0. The second kappa shape index (κ2) is 3.67. The van der Waals surface area contributed by atoms with Gasteiger partial charge >= 0.3 is 0 Å². The van der Waals surface area contributed by atoms with Crippen LogP contribution in [0.1, 0.15) is 5.56 Å². The SMILES string of the molecule is Cc1ccc2c(c1)NCC1CN(C)CCN21. The van der Waals surface area contributed by atoms with Gasteiger partial charge in [-0.2, -0.15) is 0 Å². The molecule has 1 fully saturated rings. The Kier molecular flexibility index (Phi) is 2.28. The highest BCUT2D eigenvalue weighted by Gasteiger charge is 2.29. The number of hydrogen-bond acceptors (Lipinski definition) is 3. The third-order valence-corrected chi connectivity index (χ3v) is 3.68.